The second-order valence-corrected chi connectivity index (χ2v) is 5.43. The highest BCUT2D eigenvalue weighted by molar-refractivity contribution is 6.32. The zero-order valence-corrected chi connectivity index (χ0v) is 13.0. The first-order chi connectivity index (χ1) is 11.0. The minimum atomic E-state index is -0.373. The van der Waals surface area contributed by atoms with Gasteiger partial charge in [-0.05, 0) is 48.4 Å². The van der Waals surface area contributed by atoms with Crippen molar-refractivity contribution in [3.05, 3.63) is 58.4 Å². The Balaban J connectivity index is 1.71. The van der Waals surface area contributed by atoms with E-state index in [9.17, 15) is 9.18 Å². The summed E-state index contributed by atoms with van der Waals surface area (Å²) in [5.41, 5.74) is 1.62. The molecule has 0 aliphatic carbocycles. The predicted molar refractivity (Wildman–Crippen MR) is 86.4 cm³/mol. The number of amides is 1. The number of rotatable bonds is 3. The molecule has 1 aliphatic heterocycles. The van der Waals surface area contributed by atoms with Gasteiger partial charge in [-0.3, -0.25) is 4.79 Å². The maximum absolute atomic E-state index is 13.4. The number of hydrogen-bond donors (Lipinski definition) is 1. The van der Waals surface area contributed by atoms with Gasteiger partial charge in [-0.25, -0.2) is 4.39 Å². The summed E-state index contributed by atoms with van der Waals surface area (Å²) < 4.78 is 23.9. The van der Waals surface area contributed by atoms with Gasteiger partial charge in [-0.1, -0.05) is 17.7 Å². The van der Waals surface area contributed by atoms with Crippen LogP contribution in [0.1, 0.15) is 11.1 Å². The lowest BCUT2D eigenvalue weighted by atomic mass is 10.2. The largest absolute Gasteiger partial charge is 0.454 e. The first-order valence-corrected chi connectivity index (χ1v) is 7.25. The monoisotopic (exact) mass is 333 g/mol. The molecule has 0 radical (unpaired) electrons. The van der Waals surface area contributed by atoms with Gasteiger partial charge in [0.15, 0.2) is 11.5 Å². The van der Waals surface area contributed by atoms with Crippen molar-refractivity contribution in [2.45, 2.75) is 6.92 Å². The van der Waals surface area contributed by atoms with E-state index in [1.807, 2.05) is 0 Å². The number of carbonyl (C=O) groups excluding carboxylic acids is 1. The zero-order valence-electron chi connectivity index (χ0n) is 12.2. The minimum Gasteiger partial charge on any atom is -0.454 e. The molecule has 0 atom stereocenters. The zero-order chi connectivity index (χ0) is 16.4. The van der Waals surface area contributed by atoms with E-state index in [0.717, 1.165) is 0 Å². The number of aryl methyl sites for hydroxylation is 1. The topological polar surface area (TPSA) is 47.6 Å². The van der Waals surface area contributed by atoms with Gasteiger partial charge in [0.05, 0.1) is 5.02 Å². The number of fused-ring (bicyclic) bond motifs is 1. The van der Waals surface area contributed by atoms with Gasteiger partial charge in [0.1, 0.15) is 5.82 Å². The van der Waals surface area contributed by atoms with Crippen LogP contribution in [-0.2, 0) is 4.79 Å². The summed E-state index contributed by atoms with van der Waals surface area (Å²) in [6.45, 7) is 1.78. The fourth-order valence-corrected chi connectivity index (χ4v) is 2.38. The van der Waals surface area contributed by atoms with Crippen LogP contribution >= 0.6 is 11.6 Å². The molecule has 1 heterocycles. The Bertz CT molecular complexity index is 805. The van der Waals surface area contributed by atoms with Crippen molar-refractivity contribution in [2.24, 2.45) is 0 Å². The van der Waals surface area contributed by atoms with Gasteiger partial charge in [-0.2, -0.15) is 0 Å². The summed E-state index contributed by atoms with van der Waals surface area (Å²) in [5, 5.41) is 3.01. The Morgan fingerprint density at radius 1 is 1.30 bits per heavy atom. The molecule has 4 nitrogen and oxygen atoms in total. The van der Waals surface area contributed by atoms with Crippen molar-refractivity contribution in [3.8, 4) is 11.5 Å². The maximum atomic E-state index is 13.4. The van der Waals surface area contributed by atoms with Crippen molar-refractivity contribution in [1.82, 2.24) is 0 Å². The molecular weight excluding hydrogens is 321 g/mol. The lowest BCUT2D eigenvalue weighted by Gasteiger charge is -2.04. The highest BCUT2D eigenvalue weighted by Gasteiger charge is 2.17. The quantitative estimate of drug-likeness (QED) is 0.858. The van der Waals surface area contributed by atoms with Crippen LogP contribution in [0.4, 0.5) is 10.1 Å². The summed E-state index contributed by atoms with van der Waals surface area (Å²) in [5.74, 6) is 0.304. The van der Waals surface area contributed by atoms with Crippen LogP contribution < -0.4 is 14.8 Å². The van der Waals surface area contributed by atoms with Crippen molar-refractivity contribution in [3.63, 3.8) is 0 Å². The molecule has 6 heteroatoms. The Kier molecular flexibility index (Phi) is 4.21. The molecule has 2 aromatic rings. The molecule has 2 aromatic carbocycles. The molecule has 0 bridgehead atoms. The normalized spacial score (nSPS) is 12.7. The van der Waals surface area contributed by atoms with Gasteiger partial charge in [0.2, 0.25) is 12.7 Å². The average molecular weight is 334 g/mol. The molecule has 0 saturated heterocycles. The highest BCUT2D eigenvalue weighted by Crippen LogP contribution is 2.40. The molecule has 0 spiro atoms. The molecule has 0 fully saturated rings. The molecule has 0 aromatic heterocycles. The third-order valence-corrected chi connectivity index (χ3v) is 3.60. The average Bonchev–Trinajstić information content (AvgIpc) is 2.98. The minimum absolute atomic E-state index is 0.127. The van der Waals surface area contributed by atoms with Crippen LogP contribution in [0.2, 0.25) is 5.02 Å². The van der Waals surface area contributed by atoms with Crippen LogP contribution in [0.5, 0.6) is 11.5 Å². The summed E-state index contributed by atoms with van der Waals surface area (Å²) in [7, 11) is 0. The third-order valence-electron chi connectivity index (χ3n) is 3.32. The first-order valence-electron chi connectivity index (χ1n) is 6.87. The van der Waals surface area contributed by atoms with E-state index in [1.54, 1.807) is 37.3 Å². The summed E-state index contributed by atoms with van der Waals surface area (Å²) >= 11 is 6.07. The molecule has 0 saturated carbocycles. The fourth-order valence-electron chi connectivity index (χ4n) is 2.11. The molecule has 1 aliphatic rings. The van der Waals surface area contributed by atoms with Gasteiger partial charge < -0.3 is 14.8 Å². The Hall–Kier alpha value is -2.53. The number of carbonyl (C=O) groups is 1. The van der Waals surface area contributed by atoms with E-state index in [1.165, 1.54) is 12.1 Å². The SMILES string of the molecule is Cc1ccc(NC(=O)/C=C/c2cc(Cl)c3c(c2)OCO3)cc1F. The number of benzene rings is 2. The Morgan fingerprint density at radius 3 is 2.91 bits per heavy atom. The van der Waals surface area contributed by atoms with Gasteiger partial charge >= 0.3 is 0 Å². The number of hydrogen-bond acceptors (Lipinski definition) is 3. The van der Waals surface area contributed by atoms with Gasteiger partial charge in [0, 0.05) is 11.8 Å². The second kappa shape index (κ2) is 6.30. The van der Waals surface area contributed by atoms with Crippen LogP contribution in [-0.4, -0.2) is 12.7 Å². The van der Waals surface area contributed by atoms with Crippen molar-refractivity contribution < 1.29 is 18.7 Å². The van der Waals surface area contributed by atoms with Crippen LogP contribution in [0.3, 0.4) is 0 Å². The van der Waals surface area contributed by atoms with E-state index >= 15 is 0 Å². The van der Waals surface area contributed by atoms with E-state index in [0.29, 0.717) is 33.3 Å². The van der Waals surface area contributed by atoms with Gasteiger partial charge in [0.25, 0.3) is 0 Å². The summed E-state index contributed by atoms with van der Waals surface area (Å²) in [4.78, 5) is 11.9. The van der Waals surface area contributed by atoms with Crippen LogP contribution in [0, 0.1) is 12.7 Å². The van der Waals surface area contributed by atoms with Crippen LogP contribution in [0.25, 0.3) is 6.08 Å². The number of anilines is 1. The smallest absolute Gasteiger partial charge is 0.248 e. The standard InChI is InChI=1S/C17H13ClFNO3/c1-10-2-4-12(8-14(10)19)20-16(21)5-3-11-6-13(18)17-15(7-11)22-9-23-17/h2-8H,9H2,1H3,(H,20,21)/b5-3+. The third kappa shape index (κ3) is 3.46. The lowest BCUT2D eigenvalue weighted by molar-refractivity contribution is -0.111. The van der Waals surface area contributed by atoms with Gasteiger partial charge in [-0.15, -0.1) is 0 Å². The number of nitrogens with one attached hydrogen (secondary N) is 1. The van der Waals surface area contributed by atoms with E-state index in [2.05, 4.69) is 5.32 Å². The first kappa shape index (κ1) is 15.4. The van der Waals surface area contributed by atoms with Crippen LogP contribution in [0.15, 0.2) is 36.4 Å². The van der Waals surface area contributed by atoms with E-state index in [4.69, 9.17) is 21.1 Å². The second-order valence-electron chi connectivity index (χ2n) is 5.02. The summed E-state index contributed by atoms with van der Waals surface area (Å²) in [6.07, 6.45) is 2.93. The lowest BCUT2D eigenvalue weighted by Crippen LogP contribution is -2.08. The Morgan fingerprint density at radius 2 is 2.13 bits per heavy atom. The molecule has 3 rings (SSSR count). The number of halogens is 2. The molecular formula is C17H13ClFNO3. The molecule has 23 heavy (non-hydrogen) atoms. The molecule has 0 unspecified atom stereocenters. The van der Waals surface area contributed by atoms with Crippen molar-refractivity contribution >= 4 is 29.3 Å². The molecule has 1 amide bonds. The van der Waals surface area contributed by atoms with Crippen molar-refractivity contribution in [2.75, 3.05) is 12.1 Å². The highest BCUT2D eigenvalue weighted by atomic mass is 35.5. The molecule has 1 N–H and O–H groups in total. The van der Waals surface area contributed by atoms with E-state index in [-0.39, 0.29) is 18.5 Å². The number of ether oxygens (including phenoxy) is 2. The molecule has 118 valence electrons. The summed E-state index contributed by atoms with van der Waals surface area (Å²) in [6, 6.07) is 7.92. The Labute approximate surface area is 137 Å². The fraction of sp³-hybridized carbons (Fsp3) is 0.118. The predicted octanol–water partition coefficient (Wildman–Crippen LogP) is 4.17. The van der Waals surface area contributed by atoms with E-state index < -0.39 is 0 Å². The van der Waals surface area contributed by atoms with Crippen molar-refractivity contribution in [1.29, 1.82) is 0 Å². The maximum Gasteiger partial charge on any atom is 0.248 e.